The Kier molecular flexibility index (Phi) is 1.47. The molecule has 5 nitrogen and oxygen atoms in total. The van der Waals surface area contributed by atoms with Crippen LogP contribution in [0.25, 0.3) is 0 Å². The van der Waals surface area contributed by atoms with Crippen molar-refractivity contribution >= 4 is 10.2 Å². The lowest BCUT2D eigenvalue weighted by Crippen LogP contribution is -2.59. The maximum absolute atomic E-state index is 10.4. The molecule has 1 saturated heterocycles. The van der Waals surface area contributed by atoms with Crippen molar-refractivity contribution in [2.75, 3.05) is 13.1 Å². The number of hydrogen-bond acceptors (Lipinski definition) is 3. The molecule has 0 radical (unpaired) electrons. The van der Waals surface area contributed by atoms with Crippen LogP contribution < -0.4 is 10.9 Å². The molecule has 0 amide bonds. The van der Waals surface area contributed by atoms with E-state index in [1.807, 2.05) is 0 Å². The first-order valence-electron chi connectivity index (χ1n) is 2.53. The van der Waals surface area contributed by atoms with Crippen LogP contribution in [-0.2, 0) is 10.2 Å². The van der Waals surface area contributed by atoms with E-state index in [9.17, 15) is 8.42 Å². The van der Waals surface area contributed by atoms with E-state index in [-0.39, 0.29) is 6.04 Å². The molecule has 4 N–H and O–H groups in total. The van der Waals surface area contributed by atoms with Gasteiger partial charge in [-0.3, -0.25) is 0 Å². The third-order valence-corrected chi connectivity index (χ3v) is 2.25. The van der Waals surface area contributed by atoms with Gasteiger partial charge in [0.2, 0.25) is 0 Å². The highest BCUT2D eigenvalue weighted by Gasteiger charge is 2.30. The van der Waals surface area contributed by atoms with Gasteiger partial charge in [0.15, 0.2) is 0 Å². The van der Waals surface area contributed by atoms with Crippen LogP contribution in [0, 0.1) is 0 Å². The van der Waals surface area contributed by atoms with E-state index in [4.69, 9.17) is 10.9 Å². The van der Waals surface area contributed by atoms with E-state index in [1.54, 1.807) is 0 Å². The van der Waals surface area contributed by atoms with Crippen molar-refractivity contribution in [2.24, 2.45) is 10.9 Å². The Balaban J connectivity index is 2.51. The molecule has 6 heteroatoms. The van der Waals surface area contributed by atoms with Crippen LogP contribution in [0.5, 0.6) is 0 Å². The van der Waals surface area contributed by atoms with Gasteiger partial charge in [0.05, 0.1) is 0 Å². The summed E-state index contributed by atoms with van der Waals surface area (Å²) >= 11 is 0. The van der Waals surface area contributed by atoms with Gasteiger partial charge in [0.25, 0.3) is 10.2 Å². The summed E-state index contributed by atoms with van der Waals surface area (Å²) in [5, 5.41) is 4.75. The maximum atomic E-state index is 10.4. The number of nitrogens with zero attached hydrogens (tertiary/aromatic N) is 1. The summed E-state index contributed by atoms with van der Waals surface area (Å²) in [4.78, 5) is 0. The highest BCUT2D eigenvalue weighted by atomic mass is 32.2. The molecule has 1 fully saturated rings. The lowest BCUT2D eigenvalue weighted by atomic mass is 10.2. The van der Waals surface area contributed by atoms with Gasteiger partial charge in [-0.2, -0.15) is 12.7 Å². The molecule has 0 spiro atoms. The molecule has 9 heavy (non-hydrogen) atoms. The lowest BCUT2D eigenvalue weighted by Gasteiger charge is -2.33. The standard InChI is InChI=1S/C3H9N3O2S/c4-3-1-6(2-3)9(5,7)8/h3H,1-2,4H2,(H2,5,7,8). The molecular formula is C3H9N3O2S. The van der Waals surface area contributed by atoms with Gasteiger partial charge < -0.3 is 5.73 Å². The Labute approximate surface area is 53.8 Å². The maximum Gasteiger partial charge on any atom is 0.277 e. The SMILES string of the molecule is NC1CN(S(N)(=O)=O)C1. The second-order valence-electron chi connectivity index (χ2n) is 2.12. The highest BCUT2D eigenvalue weighted by molar-refractivity contribution is 7.86. The Morgan fingerprint density at radius 2 is 1.89 bits per heavy atom. The Morgan fingerprint density at radius 1 is 1.44 bits per heavy atom. The van der Waals surface area contributed by atoms with Gasteiger partial charge in [-0.1, -0.05) is 0 Å². The second kappa shape index (κ2) is 1.91. The van der Waals surface area contributed by atoms with Gasteiger partial charge in [-0.05, 0) is 0 Å². The number of rotatable bonds is 1. The molecule has 0 aromatic rings. The highest BCUT2D eigenvalue weighted by Crippen LogP contribution is 2.06. The molecule has 0 unspecified atom stereocenters. The van der Waals surface area contributed by atoms with Crippen molar-refractivity contribution in [1.29, 1.82) is 0 Å². The summed E-state index contributed by atoms with van der Waals surface area (Å²) < 4.78 is 22.0. The molecule has 1 aliphatic rings. The van der Waals surface area contributed by atoms with E-state index in [2.05, 4.69) is 0 Å². The normalized spacial score (nSPS) is 23.8. The van der Waals surface area contributed by atoms with E-state index in [1.165, 1.54) is 0 Å². The van der Waals surface area contributed by atoms with Gasteiger partial charge in [-0.25, -0.2) is 5.14 Å². The zero-order valence-electron chi connectivity index (χ0n) is 4.82. The molecule has 0 aromatic carbocycles. The summed E-state index contributed by atoms with van der Waals surface area (Å²) in [5.74, 6) is 0. The van der Waals surface area contributed by atoms with Crippen molar-refractivity contribution in [3.63, 3.8) is 0 Å². The fourth-order valence-electron chi connectivity index (χ4n) is 0.677. The zero-order valence-corrected chi connectivity index (χ0v) is 5.63. The molecule has 0 atom stereocenters. The predicted octanol–water partition coefficient (Wildman–Crippen LogP) is -2.17. The summed E-state index contributed by atoms with van der Waals surface area (Å²) in [7, 11) is -3.45. The summed E-state index contributed by atoms with van der Waals surface area (Å²) in [5.41, 5.74) is 5.30. The van der Waals surface area contributed by atoms with Crippen LogP contribution in [0.15, 0.2) is 0 Å². The summed E-state index contributed by atoms with van der Waals surface area (Å²) in [6.45, 7) is 0.720. The van der Waals surface area contributed by atoms with Gasteiger partial charge in [0, 0.05) is 19.1 Å². The summed E-state index contributed by atoms with van der Waals surface area (Å²) in [6.07, 6.45) is 0. The van der Waals surface area contributed by atoms with Crippen molar-refractivity contribution in [3.05, 3.63) is 0 Å². The van der Waals surface area contributed by atoms with Gasteiger partial charge in [-0.15, -0.1) is 0 Å². The quantitative estimate of drug-likeness (QED) is 0.447. The Morgan fingerprint density at radius 3 is 2.00 bits per heavy atom. The van der Waals surface area contributed by atoms with E-state index in [0.29, 0.717) is 13.1 Å². The first kappa shape index (κ1) is 6.94. The molecule has 0 aromatic heterocycles. The first-order valence-corrected chi connectivity index (χ1v) is 4.04. The molecule has 1 rings (SSSR count). The summed E-state index contributed by atoms with van der Waals surface area (Å²) in [6, 6.07) is -0.0247. The first-order chi connectivity index (χ1) is 4.00. The largest absolute Gasteiger partial charge is 0.325 e. The van der Waals surface area contributed by atoms with Gasteiger partial charge >= 0.3 is 0 Å². The molecule has 54 valence electrons. The van der Waals surface area contributed by atoms with Crippen LogP contribution in [0.1, 0.15) is 0 Å². The minimum absolute atomic E-state index is 0.0247. The van der Waals surface area contributed by atoms with Crippen molar-refractivity contribution in [1.82, 2.24) is 4.31 Å². The molecule has 1 heterocycles. The van der Waals surface area contributed by atoms with Crippen LogP contribution >= 0.6 is 0 Å². The third-order valence-electron chi connectivity index (χ3n) is 1.24. The third kappa shape index (κ3) is 1.39. The van der Waals surface area contributed by atoms with Gasteiger partial charge in [0.1, 0.15) is 0 Å². The fraction of sp³-hybridized carbons (Fsp3) is 1.00. The predicted molar refractivity (Wildman–Crippen MR) is 32.7 cm³/mol. The van der Waals surface area contributed by atoms with Crippen LogP contribution in [0.4, 0.5) is 0 Å². The van der Waals surface area contributed by atoms with E-state index >= 15 is 0 Å². The average molecular weight is 151 g/mol. The van der Waals surface area contributed by atoms with Crippen molar-refractivity contribution < 1.29 is 8.42 Å². The minimum Gasteiger partial charge on any atom is -0.325 e. The molecule has 0 saturated carbocycles. The van der Waals surface area contributed by atoms with Crippen LogP contribution in [0.2, 0.25) is 0 Å². The fourth-order valence-corrected chi connectivity index (χ4v) is 1.48. The van der Waals surface area contributed by atoms with Crippen LogP contribution in [-0.4, -0.2) is 31.9 Å². The minimum atomic E-state index is -3.45. The van der Waals surface area contributed by atoms with E-state index in [0.717, 1.165) is 4.31 Å². The molecule has 0 bridgehead atoms. The van der Waals surface area contributed by atoms with E-state index < -0.39 is 10.2 Å². The smallest absolute Gasteiger partial charge is 0.277 e. The molecule has 0 aliphatic carbocycles. The van der Waals surface area contributed by atoms with Crippen LogP contribution in [0.3, 0.4) is 0 Å². The lowest BCUT2D eigenvalue weighted by molar-refractivity contribution is 0.266. The second-order valence-corrected chi connectivity index (χ2v) is 3.67. The average Bonchev–Trinajstić information content (AvgIpc) is 1.55. The monoisotopic (exact) mass is 151 g/mol. The Hall–Kier alpha value is -0.170. The van der Waals surface area contributed by atoms with Crippen molar-refractivity contribution in [3.8, 4) is 0 Å². The molecule has 1 aliphatic heterocycles. The zero-order chi connectivity index (χ0) is 7.07. The van der Waals surface area contributed by atoms with Crippen molar-refractivity contribution in [2.45, 2.75) is 6.04 Å². The number of hydrogen-bond donors (Lipinski definition) is 2. The Bertz CT molecular complexity index is 193. The number of nitrogens with two attached hydrogens (primary N) is 2. The topological polar surface area (TPSA) is 89.4 Å². The molecular weight excluding hydrogens is 142 g/mol.